The molecule has 2 amide bonds. The largest absolute Gasteiger partial charge is 0.488 e. The van der Waals surface area contributed by atoms with Crippen LogP contribution in [0.4, 0.5) is 4.79 Å². The van der Waals surface area contributed by atoms with Gasteiger partial charge in [0.15, 0.2) is 0 Å². The number of benzene rings is 3. The highest BCUT2D eigenvalue weighted by Crippen LogP contribution is 2.54. The van der Waals surface area contributed by atoms with Crippen molar-refractivity contribution in [3.05, 3.63) is 65.9 Å². The first kappa shape index (κ1) is 32.0. The first-order valence-corrected chi connectivity index (χ1v) is 18.0. The fourth-order valence-electron chi connectivity index (χ4n) is 8.56. The summed E-state index contributed by atoms with van der Waals surface area (Å²) in [5.74, 6) is 3.33. The summed E-state index contributed by atoms with van der Waals surface area (Å²) >= 11 is 0. The maximum Gasteiger partial charge on any atom is 0.407 e. The molecule has 51 heavy (non-hydrogen) atoms. The average Bonchev–Trinajstić information content (AvgIpc) is 3.64. The van der Waals surface area contributed by atoms with E-state index in [0.717, 1.165) is 99.6 Å². The smallest absolute Gasteiger partial charge is 0.407 e. The highest BCUT2D eigenvalue weighted by Gasteiger charge is 2.56. The van der Waals surface area contributed by atoms with Gasteiger partial charge in [0.25, 0.3) is 0 Å². The minimum absolute atomic E-state index is 0.0881. The van der Waals surface area contributed by atoms with Gasteiger partial charge in [-0.1, -0.05) is 32.0 Å². The Morgan fingerprint density at radius 2 is 1.92 bits per heavy atom. The summed E-state index contributed by atoms with van der Waals surface area (Å²) in [7, 11) is 3.07. The number of nitrogens with zero attached hydrogens (tertiary/aromatic N) is 3. The Morgan fingerprint density at radius 3 is 2.75 bits per heavy atom. The first-order valence-electron chi connectivity index (χ1n) is 18.0. The SMILES string of the molecule is COC[C@@H]1CN[C@H](c2ncc(-c3ccc4c(c3)COc3cc5c(ccc6nc(C7C[C@H]8C[C@H]8N7C(=O)[C@@H](NC(=O)OC)C(C)C)[nH]c65)cc3-4)[nH]2)C1. The Bertz CT molecular complexity index is 2170. The van der Waals surface area contributed by atoms with Crippen LogP contribution in [0.5, 0.6) is 5.75 Å². The zero-order valence-electron chi connectivity index (χ0n) is 29.3. The molecule has 5 heterocycles. The van der Waals surface area contributed by atoms with E-state index >= 15 is 0 Å². The molecule has 5 aromatic rings. The van der Waals surface area contributed by atoms with Gasteiger partial charge in [-0.15, -0.1) is 0 Å². The van der Waals surface area contributed by atoms with Crippen LogP contribution in [0.1, 0.15) is 62.4 Å². The number of alkyl carbamates (subject to hydrolysis) is 1. The van der Waals surface area contributed by atoms with Crippen LogP contribution in [0.25, 0.3) is 44.2 Å². The number of carbonyl (C=O) groups is 2. The number of carbonyl (C=O) groups excluding carboxylic acids is 2. The van der Waals surface area contributed by atoms with Gasteiger partial charge in [-0.05, 0) is 83.4 Å². The van der Waals surface area contributed by atoms with Crippen LogP contribution in [0.15, 0.2) is 48.7 Å². The maximum absolute atomic E-state index is 13.9. The Labute approximate surface area is 295 Å². The Hall–Kier alpha value is -4.94. The van der Waals surface area contributed by atoms with Crippen molar-refractivity contribution in [3.8, 4) is 28.1 Å². The molecule has 2 saturated heterocycles. The van der Waals surface area contributed by atoms with Gasteiger partial charge in [-0.2, -0.15) is 0 Å². The van der Waals surface area contributed by atoms with Crippen LogP contribution >= 0.6 is 0 Å². The van der Waals surface area contributed by atoms with Gasteiger partial charge < -0.3 is 39.7 Å². The second-order valence-electron chi connectivity index (χ2n) is 14.9. The normalized spacial score (nSPS) is 23.9. The van der Waals surface area contributed by atoms with Crippen molar-refractivity contribution in [1.82, 2.24) is 35.5 Å². The summed E-state index contributed by atoms with van der Waals surface area (Å²) in [4.78, 5) is 44.9. The van der Waals surface area contributed by atoms with Crippen molar-refractivity contribution < 1.29 is 23.8 Å². The Morgan fingerprint density at radius 1 is 1.04 bits per heavy atom. The van der Waals surface area contributed by atoms with Crippen molar-refractivity contribution in [2.45, 2.75) is 63.9 Å². The molecule has 3 aliphatic heterocycles. The van der Waals surface area contributed by atoms with Crippen LogP contribution < -0.4 is 15.4 Å². The minimum Gasteiger partial charge on any atom is -0.488 e. The summed E-state index contributed by atoms with van der Waals surface area (Å²) in [6, 6.07) is 14.5. The van der Waals surface area contributed by atoms with E-state index < -0.39 is 12.1 Å². The van der Waals surface area contributed by atoms with Gasteiger partial charge in [-0.3, -0.25) is 4.79 Å². The number of ether oxygens (including phenoxy) is 3. The van der Waals surface area contributed by atoms with E-state index in [0.29, 0.717) is 18.4 Å². The van der Waals surface area contributed by atoms with Crippen molar-refractivity contribution in [1.29, 1.82) is 0 Å². The van der Waals surface area contributed by atoms with Crippen LogP contribution in [0, 0.1) is 17.8 Å². The van der Waals surface area contributed by atoms with Crippen LogP contribution in [-0.4, -0.2) is 76.3 Å². The highest BCUT2D eigenvalue weighted by molar-refractivity contribution is 6.07. The second-order valence-corrected chi connectivity index (χ2v) is 14.9. The molecule has 1 unspecified atom stereocenters. The van der Waals surface area contributed by atoms with Crippen LogP contribution in [0.3, 0.4) is 0 Å². The molecule has 0 bridgehead atoms. The zero-order valence-corrected chi connectivity index (χ0v) is 29.3. The number of likely N-dealkylation sites (tertiary alicyclic amines) is 1. The topological polar surface area (TPSA) is 146 Å². The molecule has 6 atom stereocenters. The predicted molar refractivity (Wildman–Crippen MR) is 192 cm³/mol. The summed E-state index contributed by atoms with van der Waals surface area (Å²) < 4.78 is 16.6. The van der Waals surface area contributed by atoms with Crippen LogP contribution in [0.2, 0.25) is 0 Å². The number of imidazole rings is 2. The van der Waals surface area contributed by atoms with Crippen molar-refractivity contribution in [2.24, 2.45) is 17.8 Å². The fraction of sp³-hybridized carbons (Fsp3) is 0.436. The van der Waals surface area contributed by atoms with Crippen molar-refractivity contribution in [3.63, 3.8) is 0 Å². The third kappa shape index (κ3) is 5.52. The first-order chi connectivity index (χ1) is 24.8. The van der Waals surface area contributed by atoms with Gasteiger partial charge >= 0.3 is 6.09 Å². The number of aromatic amines is 2. The molecule has 9 rings (SSSR count). The fourth-order valence-corrected chi connectivity index (χ4v) is 8.56. The molecule has 12 nitrogen and oxygen atoms in total. The third-order valence-corrected chi connectivity index (χ3v) is 11.3. The molecule has 4 aliphatic rings. The summed E-state index contributed by atoms with van der Waals surface area (Å²) in [5.41, 5.74) is 7.19. The third-order valence-electron chi connectivity index (χ3n) is 11.3. The lowest BCUT2D eigenvalue weighted by atomic mass is 9.92. The van der Waals surface area contributed by atoms with Gasteiger partial charge in [0, 0.05) is 30.6 Å². The summed E-state index contributed by atoms with van der Waals surface area (Å²) in [6.45, 7) is 6.03. The van der Waals surface area contributed by atoms with E-state index in [1.165, 1.54) is 7.11 Å². The second kappa shape index (κ2) is 12.4. The van der Waals surface area contributed by atoms with Crippen molar-refractivity contribution in [2.75, 3.05) is 27.4 Å². The minimum atomic E-state index is -0.673. The lowest BCUT2D eigenvalue weighted by molar-refractivity contribution is -0.136. The zero-order chi connectivity index (χ0) is 35.0. The number of aromatic nitrogens is 4. The Balaban J connectivity index is 0.993. The number of piperidine rings is 1. The van der Waals surface area contributed by atoms with E-state index in [2.05, 4.69) is 57.0 Å². The monoisotopic (exact) mass is 689 g/mol. The lowest BCUT2D eigenvalue weighted by Crippen LogP contribution is -2.52. The number of rotatable bonds is 8. The van der Waals surface area contributed by atoms with Gasteiger partial charge in [0.2, 0.25) is 5.91 Å². The molecular weight excluding hydrogens is 646 g/mol. The van der Waals surface area contributed by atoms with E-state index in [-0.39, 0.29) is 30.0 Å². The summed E-state index contributed by atoms with van der Waals surface area (Å²) in [6.07, 6.45) is 4.15. The molecule has 4 N–H and O–H groups in total. The molecule has 0 radical (unpaired) electrons. The molecule has 3 fully saturated rings. The van der Waals surface area contributed by atoms with E-state index in [4.69, 9.17) is 24.2 Å². The molecule has 264 valence electrons. The van der Waals surface area contributed by atoms with E-state index in [9.17, 15) is 9.59 Å². The number of hydrogen-bond acceptors (Lipinski definition) is 8. The number of nitrogens with one attached hydrogen (secondary N) is 4. The standard InChI is InChI=1S/C39H43N7O5/c1-19(2)34(45-39(48)50-4)38(47)46-31-12-23(31)13-32(46)37-42-28-8-6-21-11-27-25-7-5-22(10-24(25)18-51-33(27)14-26(21)35(28)44-37)30-16-41-36(43-30)29-9-20(15-40-29)17-49-3/h5-8,10-11,14,16,19-20,23,29,31-32,34,40H,9,12-13,15,17-18H2,1-4H3,(H,41,43)(H,42,44)(H,45,48)/t20-,23+,29-,31+,32?,34-/m0/s1. The average molecular weight is 690 g/mol. The molecule has 1 aliphatic carbocycles. The van der Waals surface area contributed by atoms with Crippen LogP contribution in [-0.2, 0) is 20.9 Å². The van der Waals surface area contributed by atoms with E-state index in [1.54, 1.807) is 7.11 Å². The van der Waals surface area contributed by atoms with Gasteiger partial charge in [-0.25, -0.2) is 14.8 Å². The highest BCUT2D eigenvalue weighted by atomic mass is 16.5. The molecular formula is C39H43N7O5. The van der Waals surface area contributed by atoms with Gasteiger partial charge in [0.1, 0.15) is 30.0 Å². The molecule has 3 aromatic carbocycles. The van der Waals surface area contributed by atoms with Crippen molar-refractivity contribution >= 4 is 33.8 Å². The quantitative estimate of drug-likeness (QED) is 0.155. The maximum atomic E-state index is 13.9. The number of H-pyrrole nitrogens is 2. The molecule has 2 aromatic heterocycles. The predicted octanol–water partition coefficient (Wildman–Crippen LogP) is 6.01. The number of amides is 2. The molecule has 0 spiro atoms. The Kier molecular flexibility index (Phi) is 7.77. The number of hydrogen-bond donors (Lipinski definition) is 4. The molecule has 12 heteroatoms. The lowest BCUT2D eigenvalue weighted by Gasteiger charge is -2.31. The number of fused-ring (bicyclic) bond motifs is 7. The van der Waals surface area contributed by atoms with E-state index in [1.807, 2.05) is 31.0 Å². The van der Waals surface area contributed by atoms with Gasteiger partial charge in [0.05, 0.1) is 48.7 Å². The summed E-state index contributed by atoms with van der Waals surface area (Å²) in [5, 5.41) is 8.43. The number of methoxy groups -OCH3 is 2. The molecule has 1 saturated carbocycles.